The van der Waals surface area contributed by atoms with Crippen LogP contribution in [0.5, 0.6) is 0 Å². The molecule has 0 aliphatic carbocycles. The number of ether oxygens (including phenoxy) is 1. The molecule has 1 aromatic carbocycles. The van der Waals surface area contributed by atoms with Crippen molar-refractivity contribution in [2.75, 3.05) is 25.0 Å². The number of hydrogen-bond acceptors (Lipinski definition) is 5. The second kappa shape index (κ2) is 7.11. The number of hydrogen-bond donors (Lipinski definition) is 1. The minimum absolute atomic E-state index is 0.150. The number of anilines is 1. The van der Waals surface area contributed by atoms with Gasteiger partial charge in [-0.25, -0.2) is 4.39 Å². The van der Waals surface area contributed by atoms with E-state index in [0.29, 0.717) is 31.3 Å². The van der Waals surface area contributed by atoms with Crippen LogP contribution in [0.2, 0.25) is 0 Å². The van der Waals surface area contributed by atoms with Gasteiger partial charge in [-0.05, 0) is 31.5 Å². The van der Waals surface area contributed by atoms with Crippen LogP contribution in [-0.4, -0.2) is 41.7 Å². The highest BCUT2D eigenvalue weighted by Gasteiger charge is 2.29. The molecule has 2 atom stereocenters. The van der Waals surface area contributed by atoms with Gasteiger partial charge in [-0.2, -0.15) is 0 Å². The van der Waals surface area contributed by atoms with Crippen LogP contribution in [0.15, 0.2) is 34.9 Å². The molecule has 1 aliphatic rings. The molecule has 2 aromatic rings. The van der Waals surface area contributed by atoms with Gasteiger partial charge in [0.2, 0.25) is 5.91 Å². The molecule has 6 nitrogen and oxygen atoms in total. The van der Waals surface area contributed by atoms with Gasteiger partial charge in [0.05, 0.1) is 18.8 Å². The van der Waals surface area contributed by atoms with E-state index in [9.17, 15) is 9.18 Å². The summed E-state index contributed by atoms with van der Waals surface area (Å²) in [6, 6.07) is 7.60. The summed E-state index contributed by atoms with van der Waals surface area (Å²) >= 11 is 0. The Hall–Kier alpha value is -2.25. The van der Waals surface area contributed by atoms with E-state index in [-0.39, 0.29) is 23.9 Å². The highest BCUT2D eigenvalue weighted by atomic mass is 19.1. The number of carbonyl (C=O) groups is 1. The number of nitrogens with zero attached hydrogens (tertiary/aromatic N) is 2. The number of aryl methyl sites for hydroxylation is 1. The average molecular weight is 333 g/mol. The molecule has 1 aromatic heterocycles. The minimum atomic E-state index is -0.339. The molecule has 1 fully saturated rings. The molecule has 2 heterocycles. The summed E-state index contributed by atoms with van der Waals surface area (Å²) in [6.07, 6.45) is -0.177. The number of halogens is 1. The van der Waals surface area contributed by atoms with Crippen molar-refractivity contribution in [3.8, 4) is 0 Å². The molecular weight excluding hydrogens is 313 g/mol. The second-order valence-electron chi connectivity index (χ2n) is 5.89. The predicted octanol–water partition coefficient (Wildman–Crippen LogP) is 2.52. The van der Waals surface area contributed by atoms with Gasteiger partial charge in [0, 0.05) is 19.2 Å². The molecule has 24 heavy (non-hydrogen) atoms. The normalized spacial score (nSPS) is 19.9. The van der Waals surface area contributed by atoms with E-state index in [1.165, 1.54) is 12.1 Å². The Morgan fingerprint density at radius 1 is 1.42 bits per heavy atom. The Labute approximate surface area is 139 Å². The molecule has 0 radical (unpaired) electrons. The van der Waals surface area contributed by atoms with E-state index in [2.05, 4.69) is 10.5 Å². The highest BCUT2D eigenvalue weighted by Crippen LogP contribution is 2.24. The molecular formula is C17H20FN3O3. The SMILES string of the molecule is Cc1cc(NC(=O)[C@@H](C)N2CCO[C@@H](c3ccc(F)cc3)C2)no1. The Morgan fingerprint density at radius 2 is 2.17 bits per heavy atom. The summed E-state index contributed by atoms with van der Waals surface area (Å²) in [5.74, 6) is 0.624. The van der Waals surface area contributed by atoms with Crippen molar-refractivity contribution in [3.05, 3.63) is 47.5 Å². The van der Waals surface area contributed by atoms with Crippen LogP contribution in [0.1, 0.15) is 24.4 Å². The standard InChI is InChI=1S/C17H20FN3O3/c1-11-9-16(20-24-11)19-17(22)12(2)21-7-8-23-15(10-21)13-3-5-14(18)6-4-13/h3-6,9,12,15H,7-8,10H2,1-2H3,(H,19,20,22)/t12-,15-/m1/s1. The molecule has 1 N–H and O–H groups in total. The number of amides is 1. The zero-order valence-corrected chi connectivity index (χ0v) is 13.7. The molecule has 0 bridgehead atoms. The molecule has 128 valence electrons. The molecule has 0 saturated carbocycles. The molecule has 1 aliphatic heterocycles. The summed E-state index contributed by atoms with van der Waals surface area (Å²) in [7, 11) is 0. The van der Waals surface area contributed by atoms with Crippen molar-refractivity contribution in [1.29, 1.82) is 0 Å². The van der Waals surface area contributed by atoms with Crippen molar-refractivity contribution in [2.45, 2.75) is 26.0 Å². The van der Waals surface area contributed by atoms with E-state index in [1.54, 1.807) is 25.1 Å². The number of rotatable bonds is 4. The lowest BCUT2D eigenvalue weighted by atomic mass is 10.1. The lowest BCUT2D eigenvalue weighted by Crippen LogP contribution is -2.48. The van der Waals surface area contributed by atoms with Crippen LogP contribution >= 0.6 is 0 Å². The van der Waals surface area contributed by atoms with Gasteiger partial charge in [0.25, 0.3) is 0 Å². The summed E-state index contributed by atoms with van der Waals surface area (Å²) < 4.78 is 23.8. The third-order valence-corrected chi connectivity index (χ3v) is 4.15. The predicted molar refractivity (Wildman–Crippen MR) is 86.0 cm³/mol. The first-order valence-corrected chi connectivity index (χ1v) is 7.88. The Kier molecular flexibility index (Phi) is 4.92. The summed E-state index contributed by atoms with van der Waals surface area (Å²) in [5, 5.41) is 6.51. The van der Waals surface area contributed by atoms with Crippen molar-refractivity contribution in [1.82, 2.24) is 10.1 Å². The maximum absolute atomic E-state index is 13.1. The number of aromatic nitrogens is 1. The van der Waals surface area contributed by atoms with Crippen molar-refractivity contribution in [2.24, 2.45) is 0 Å². The summed E-state index contributed by atoms with van der Waals surface area (Å²) in [6.45, 7) is 5.35. The number of morpholine rings is 1. The van der Waals surface area contributed by atoms with Gasteiger partial charge >= 0.3 is 0 Å². The topological polar surface area (TPSA) is 67.6 Å². The van der Waals surface area contributed by atoms with Crippen LogP contribution in [-0.2, 0) is 9.53 Å². The summed E-state index contributed by atoms with van der Waals surface area (Å²) in [4.78, 5) is 14.4. The zero-order chi connectivity index (χ0) is 17.1. The number of benzene rings is 1. The van der Waals surface area contributed by atoms with Gasteiger partial charge in [-0.3, -0.25) is 9.69 Å². The van der Waals surface area contributed by atoms with Gasteiger partial charge < -0.3 is 14.6 Å². The Bertz CT molecular complexity index is 701. The molecule has 0 spiro atoms. The first-order valence-electron chi connectivity index (χ1n) is 7.88. The Balaban J connectivity index is 1.62. The van der Waals surface area contributed by atoms with Crippen LogP contribution in [0.25, 0.3) is 0 Å². The van der Waals surface area contributed by atoms with Gasteiger partial charge in [-0.15, -0.1) is 0 Å². The lowest BCUT2D eigenvalue weighted by molar-refractivity contribution is -0.124. The maximum Gasteiger partial charge on any atom is 0.242 e. The fourth-order valence-electron chi connectivity index (χ4n) is 2.72. The Morgan fingerprint density at radius 3 is 2.83 bits per heavy atom. The number of carbonyl (C=O) groups excluding carboxylic acids is 1. The van der Waals surface area contributed by atoms with Crippen molar-refractivity contribution in [3.63, 3.8) is 0 Å². The van der Waals surface area contributed by atoms with E-state index in [0.717, 1.165) is 5.56 Å². The van der Waals surface area contributed by atoms with Crippen LogP contribution < -0.4 is 5.32 Å². The fraction of sp³-hybridized carbons (Fsp3) is 0.412. The number of nitrogens with one attached hydrogen (secondary N) is 1. The molecule has 1 saturated heterocycles. The third-order valence-electron chi connectivity index (χ3n) is 4.15. The van der Waals surface area contributed by atoms with E-state index >= 15 is 0 Å². The zero-order valence-electron chi connectivity index (χ0n) is 13.7. The molecule has 1 amide bonds. The molecule has 0 unspecified atom stereocenters. The van der Waals surface area contributed by atoms with E-state index < -0.39 is 0 Å². The second-order valence-corrected chi connectivity index (χ2v) is 5.89. The van der Waals surface area contributed by atoms with Crippen LogP contribution in [0.4, 0.5) is 10.2 Å². The highest BCUT2D eigenvalue weighted by molar-refractivity contribution is 5.93. The smallest absolute Gasteiger partial charge is 0.242 e. The van der Waals surface area contributed by atoms with Crippen LogP contribution in [0, 0.1) is 12.7 Å². The first kappa shape index (κ1) is 16.6. The van der Waals surface area contributed by atoms with E-state index in [1.807, 2.05) is 11.8 Å². The lowest BCUT2D eigenvalue weighted by Gasteiger charge is -2.36. The molecule has 7 heteroatoms. The summed E-state index contributed by atoms with van der Waals surface area (Å²) in [5.41, 5.74) is 0.904. The maximum atomic E-state index is 13.1. The van der Waals surface area contributed by atoms with E-state index in [4.69, 9.17) is 9.26 Å². The quantitative estimate of drug-likeness (QED) is 0.931. The third kappa shape index (κ3) is 3.80. The molecule has 3 rings (SSSR count). The van der Waals surface area contributed by atoms with Crippen molar-refractivity contribution >= 4 is 11.7 Å². The van der Waals surface area contributed by atoms with Gasteiger partial charge in [-0.1, -0.05) is 17.3 Å². The largest absolute Gasteiger partial charge is 0.371 e. The average Bonchev–Trinajstić information content (AvgIpc) is 3.00. The fourth-order valence-corrected chi connectivity index (χ4v) is 2.72. The first-order chi connectivity index (χ1) is 11.5. The minimum Gasteiger partial charge on any atom is -0.371 e. The van der Waals surface area contributed by atoms with Gasteiger partial charge in [0.1, 0.15) is 11.6 Å². The van der Waals surface area contributed by atoms with Crippen molar-refractivity contribution < 1.29 is 18.4 Å². The monoisotopic (exact) mass is 333 g/mol. The van der Waals surface area contributed by atoms with Crippen LogP contribution in [0.3, 0.4) is 0 Å². The van der Waals surface area contributed by atoms with Gasteiger partial charge in [0.15, 0.2) is 5.82 Å².